The first-order valence-electron chi connectivity index (χ1n) is 7.68. The number of fused-ring (bicyclic) bond motifs is 3. The molecule has 2 aliphatic rings. The standard InChI is InChI=1S/C18H18N2O2S/c1-11-16-13(9-10-19-11)14-15(12-7-5-4-6-8-12)20-18(2,3)17(14)23(16,21)22/h4-10,14,17H,1-3H3. The minimum Gasteiger partial charge on any atom is -0.281 e. The molecule has 2 unspecified atom stereocenters. The molecule has 0 fully saturated rings. The van der Waals surface area contributed by atoms with Gasteiger partial charge >= 0.3 is 0 Å². The van der Waals surface area contributed by atoms with E-state index in [1.165, 1.54) is 0 Å². The average Bonchev–Trinajstić information content (AvgIpc) is 2.93. The molecule has 5 heteroatoms. The molecule has 2 atom stereocenters. The van der Waals surface area contributed by atoms with E-state index in [1.54, 1.807) is 13.1 Å². The van der Waals surface area contributed by atoms with Crippen molar-refractivity contribution >= 4 is 15.5 Å². The van der Waals surface area contributed by atoms with Gasteiger partial charge in [0.05, 0.1) is 21.8 Å². The number of hydrogen-bond donors (Lipinski definition) is 0. The second kappa shape index (κ2) is 4.51. The van der Waals surface area contributed by atoms with Crippen LogP contribution >= 0.6 is 0 Å². The summed E-state index contributed by atoms with van der Waals surface area (Å²) in [7, 11) is -3.44. The first-order valence-corrected chi connectivity index (χ1v) is 9.23. The average molecular weight is 326 g/mol. The first-order chi connectivity index (χ1) is 10.8. The molecular formula is C18H18N2O2S. The Morgan fingerprint density at radius 3 is 2.48 bits per heavy atom. The van der Waals surface area contributed by atoms with Crippen molar-refractivity contribution in [3.05, 3.63) is 59.4 Å². The number of rotatable bonds is 1. The van der Waals surface area contributed by atoms with E-state index in [0.29, 0.717) is 10.6 Å². The minimum atomic E-state index is -3.44. The summed E-state index contributed by atoms with van der Waals surface area (Å²) in [5, 5.41) is -0.553. The van der Waals surface area contributed by atoms with Crippen molar-refractivity contribution in [2.24, 2.45) is 4.99 Å². The van der Waals surface area contributed by atoms with Crippen molar-refractivity contribution < 1.29 is 8.42 Å². The fraction of sp³-hybridized carbons (Fsp3) is 0.333. The second-order valence-electron chi connectivity index (χ2n) is 6.77. The second-order valence-corrected chi connectivity index (χ2v) is 8.78. The predicted molar refractivity (Wildman–Crippen MR) is 89.7 cm³/mol. The molecule has 2 aliphatic heterocycles. The number of pyridine rings is 1. The van der Waals surface area contributed by atoms with Gasteiger partial charge in [0.2, 0.25) is 0 Å². The zero-order chi connectivity index (χ0) is 16.4. The Hall–Kier alpha value is -2.01. The molecule has 1 aromatic carbocycles. The number of hydrogen-bond acceptors (Lipinski definition) is 4. The molecule has 0 saturated carbocycles. The van der Waals surface area contributed by atoms with Crippen molar-refractivity contribution in [3.63, 3.8) is 0 Å². The van der Waals surface area contributed by atoms with Crippen LogP contribution in [-0.2, 0) is 9.84 Å². The van der Waals surface area contributed by atoms with Crippen molar-refractivity contribution in [3.8, 4) is 0 Å². The Morgan fingerprint density at radius 1 is 1.09 bits per heavy atom. The zero-order valence-electron chi connectivity index (χ0n) is 13.3. The molecule has 0 radical (unpaired) electrons. The highest BCUT2D eigenvalue weighted by Gasteiger charge is 2.58. The largest absolute Gasteiger partial charge is 0.281 e. The number of aromatic nitrogens is 1. The van der Waals surface area contributed by atoms with Gasteiger partial charge in [0.1, 0.15) is 5.25 Å². The van der Waals surface area contributed by atoms with Gasteiger partial charge in [0, 0.05) is 12.1 Å². The lowest BCUT2D eigenvalue weighted by Crippen LogP contribution is -2.37. The SMILES string of the molecule is Cc1nccc2c1S(=O)(=O)C1C2C(c2ccccc2)=NC1(C)C. The number of aryl methyl sites for hydroxylation is 1. The molecular weight excluding hydrogens is 308 g/mol. The van der Waals surface area contributed by atoms with E-state index in [2.05, 4.69) is 4.98 Å². The van der Waals surface area contributed by atoms with Gasteiger partial charge in [-0.2, -0.15) is 0 Å². The predicted octanol–water partition coefficient (Wildman–Crippen LogP) is 2.91. The molecule has 0 spiro atoms. The molecule has 3 heterocycles. The summed E-state index contributed by atoms with van der Waals surface area (Å²) >= 11 is 0. The van der Waals surface area contributed by atoms with E-state index < -0.39 is 20.6 Å². The zero-order valence-corrected chi connectivity index (χ0v) is 14.1. The van der Waals surface area contributed by atoms with Gasteiger partial charge in [-0.05, 0) is 38.0 Å². The number of nitrogens with zero attached hydrogens (tertiary/aromatic N) is 2. The summed E-state index contributed by atoms with van der Waals surface area (Å²) in [5.41, 5.74) is 2.63. The van der Waals surface area contributed by atoms with Gasteiger partial charge < -0.3 is 0 Å². The molecule has 23 heavy (non-hydrogen) atoms. The fourth-order valence-corrected chi connectivity index (χ4v) is 6.72. The van der Waals surface area contributed by atoms with Crippen LogP contribution in [0, 0.1) is 6.92 Å². The highest BCUT2D eigenvalue weighted by Crippen LogP contribution is 2.52. The molecule has 4 rings (SSSR count). The lowest BCUT2D eigenvalue weighted by Gasteiger charge is -2.23. The third-order valence-corrected chi connectivity index (χ3v) is 7.46. The highest BCUT2D eigenvalue weighted by molar-refractivity contribution is 7.92. The Bertz CT molecular complexity index is 931. The molecule has 1 aromatic heterocycles. The van der Waals surface area contributed by atoms with Crippen molar-refractivity contribution in [2.75, 3.05) is 0 Å². The molecule has 118 valence electrons. The smallest absolute Gasteiger partial charge is 0.186 e. The Morgan fingerprint density at radius 2 is 1.78 bits per heavy atom. The lowest BCUT2D eigenvalue weighted by atomic mass is 9.85. The van der Waals surface area contributed by atoms with E-state index in [0.717, 1.165) is 16.8 Å². The summed E-state index contributed by atoms with van der Waals surface area (Å²) in [5.74, 6) is -0.214. The quantitative estimate of drug-likeness (QED) is 0.809. The molecule has 4 nitrogen and oxygen atoms in total. The first kappa shape index (κ1) is 14.6. The highest BCUT2D eigenvalue weighted by atomic mass is 32.2. The van der Waals surface area contributed by atoms with Gasteiger partial charge in [0.15, 0.2) is 9.84 Å². The number of benzene rings is 1. The summed E-state index contributed by atoms with van der Waals surface area (Å²) in [6.07, 6.45) is 1.69. The summed E-state index contributed by atoms with van der Waals surface area (Å²) in [6, 6.07) is 11.7. The Balaban J connectivity index is 2.02. The van der Waals surface area contributed by atoms with Crippen LogP contribution in [0.3, 0.4) is 0 Å². The minimum absolute atomic E-state index is 0.214. The van der Waals surface area contributed by atoms with Crippen LogP contribution in [0.4, 0.5) is 0 Å². The van der Waals surface area contributed by atoms with E-state index in [1.807, 2.05) is 50.2 Å². The van der Waals surface area contributed by atoms with E-state index in [4.69, 9.17) is 4.99 Å². The van der Waals surface area contributed by atoms with Crippen LogP contribution in [0.25, 0.3) is 0 Å². The maximum atomic E-state index is 13.2. The van der Waals surface area contributed by atoms with Gasteiger partial charge in [-0.15, -0.1) is 0 Å². The lowest BCUT2D eigenvalue weighted by molar-refractivity contribution is 0.490. The van der Waals surface area contributed by atoms with Crippen LogP contribution in [0.1, 0.15) is 36.6 Å². The monoisotopic (exact) mass is 326 g/mol. The molecule has 0 saturated heterocycles. The Labute approximate surface area is 136 Å². The van der Waals surface area contributed by atoms with Crippen molar-refractivity contribution in [2.45, 2.75) is 42.4 Å². The van der Waals surface area contributed by atoms with E-state index >= 15 is 0 Å². The fourth-order valence-electron chi connectivity index (χ4n) is 4.03. The molecule has 0 bridgehead atoms. The Kier molecular flexibility index (Phi) is 2.86. The van der Waals surface area contributed by atoms with Crippen molar-refractivity contribution in [1.82, 2.24) is 4.98 Å². The number of sulfone groups is 1. The van der Waals surface area contributed by atoms with Crippen LogP contribution in [-0.4, -0.2) is 29.9 Å². The van der Waals surface area contributed by atoms with Gasteiger partial charge in [0.25, 0.3) is 0 Å². The topological polar surface area (TPSA) is 59.4 Å². The molecule has 0 aliphatic carbocycles. The number of aliphatic imine (C=N–C) groups is 1. The van der Waals surface area contributed by atoms with E-state index in [-0.39, 0.29) is 5.92 Å². The maximum absolute atomic E-state index is 13.2. The van der Waals surface area contributed by atoms with Crippen LogP contribution in [0.15, 0.2) is 52.5 Å². The van der Waals surface area contributed by atoms with Crippen LogP contribution in [0.5, 0.6) is 0 Å². The van der Waals surface area contributed by atoms with Crippen molar-refractivity contribution in [1.29, 1.82) is 0 Å². The van der Waals surface area contributed by atoms with Gasteiger partial charge in [-0.3, -0.25) is 9.98 Å². The maximum Gasteiger partial charge on any atom is 0.186 e. The molecule has 2 aromatic rings. The summed E-state index contributed by atoms with van der Waals surface area (Å²) < 4.78 is 26.3. The van der Waals surface area contributed by atoms with Crippen LogP contribution in [0.2, 0.25) is 0 Å². The van der Waals surface area contributed by atoms with Gasteiger partial charge in [-0.25, -0.2) is 8.42 Å². The normalized spacial score (nSPS) is 26.5. The third-order valence-electron chi connectivity index (χ3n) is 4.84. The molecule has 0 amide bonds. The summed E-state index contributed by atoms with van der Waals surface area (Å²) in [4.78, 5) is 9.43. The van der Waals surface area contributed by atoms with Gasteiger partial charge in [-0.1, -0.05) is 30.3 Å². The molecule has 0 N–H and O–H groups in total. The van der Waals surface area contributed by atoms with Crippen LogP contribution < -0.4 is 0 Å². The summed E-state index contributed by atoms with van der Waals surface area (Å²) in [6.45, 7) is 5.59. The van der Waals surface area contributed by atoms with E-state index in [9.17, 15) is 8.42 Å². The third kappa shape index (κ3) is 1.86.